The molecule has 0 saturated carbocycles. The summed E-state index contributed by atoms with van der Waals surface area (Å²) in [6.45, 7) is 0. The molecule has 9 rings (SSSR count). The number of hydrogen-bond acceptors (Lipinski definition) is 3. The molecule has 54 heavy (non-hydrogen) atoms. The fourth-order valence-electron chi connectivity index (χ4n) is 8.17. The standard InChI is InChI=1S/C48H36O3P2Si/c49-52(37-21-7-1-8-22-37,38-23-9-2-10-24-38)43-33-19-35-45-47(43)51-48-44(53(50,39-25-11-3-12-26-39)40-27-13-4-14-28-40)34-20-36-46(48)54(45,41-29-15-5-16-30-41)42-31-17-6-18-32-42/h1-36H. The van der Waals surface area contributed by atoms with Gasteiger partial charge in [-0.2, -0.15) is 0 Å². The number of rotatable bonds is 8. The number of benzene rings is 8. The topological polar surface area (TPSA) is 43.4 Å². The van der Waals surface area contributed by atoms with Gasteiger partial charge < -0.3 is 13.9 Å². The lowest BCUT2D eigenvalue weighted by Gasteiger charge is -2.42. The zero-order valence-electron chi connectivity index (χ0n) is 29.4. The highest BCUT2D eigenvalue weighted by molar-refractivity contribution is 7.86. The molecule has 6 heteroatoms. The molecule has 0 amide bonds. The molecule has 3 nitrogen and oxygen atoms in total. The number of para-hydroxylation sites is 2. The van der Waals surface area contributed by atoms with Gasteiger partial charge in [0.25, 0.3) is 0 Å². The van der Waals surface area contributed by atoms with E-state index in [9.17, 15) is 0 Å². The predicted octanol–water partition coefficient (Wildman–Crippen LogP) is 6.45. The van der Waals surface area contributed by atoms with E-state index < -0.39 is 22.4 Å². The lowest BCUT2D eigenvalue weighted by Crippen LogP contribution is -2.77. The van der Waals surface area contributed by atoms with E-state index in [0.717, 1.165) is 42.0 Å². The van der Waals surface area contributed by atoms with Gasteiger partial charge in [-0.05, 0) is 32.9 Å². The van der Waals surface area contributed by atoms with E-state index in [1.54, 1.807) is 0 Å². The number of hydrogen-bond donors (Lipinski definition) is 0. The van der Waals surface area contributed by atoms with E-state index in [2.05, 4.69) is 60.7 Å². The van der Waals surface area contributed by atoms with Crippen molar-refractivity contribution in [3.05, 3.63) is 218 Å². The second-order valence-electron chi connectivity index (χ2n) is 13.5. The van der Waals surface area contributed by atoms with Crippen molar-refractivity contribution in [3.63, 3.8) is 0 Å². The fraction of sp³-hybridized carbons (Fsp3) is 0. The second kappa shape index (κ2) is 13.9. The van der Waals surface area contributed by atoms with Gasteiger partial charge in [0.1, 0.15) is 11.5 Å². The van der Waals surface area contributed by atoms with E-state index in [4.69, 9.17) is 4.74 Å². The Bertz CT molecular complexity index is 2400. The van der Waals surface area contributed by atoms with Crippen LogP contribution in [0.3, 0.4) is 0 Å². The van der Waals surface area contributed by atoms with E-state index >= 15 is 9.13 Å². The monoisotopic (exact) mass is 750 g/mol. The molecule has 0 saturated heterocycles. The van der Waals surface area contributed by atoms with Gasteiger partial charge in [0.15, 0.2) is 22.4 Å². The van der Waals surface area contributed by atoms with Crippen molar-refractivity contribution in [2.45, 2.75) is 0 Å². The Morgan fingerprint density at radius 3 is 0.889 bits per heavy atom. The molecule has 0 fully saturated rings. The van der Waals surface area contributed by atoms with Crippen molar-refractivity contribution < 1.29 is 13.9 Å². The molecule has 8 aromatic rings. The van der Waals surface area contributed by atoms with Gasteiger partial charge in [-0.15, -0.1) is 0 Å². The summed E-state index contributed by atoms with van der Waals surface area (Å²) in [6, 6.07) is 72.6. The second-order valence-corrected chi connectivity index (χ2v) is 22.7. The third kappa shape index (κ3) is 5.25. The van der Waals surface area contributed by atoms with E-state index in [-0.39, 0.29) is 0 Å². The van der Waals surface area contributed by atoms with Crippen LogP contribution in [0.1, 0.15) is 0 Å². The van der Waals surface area contributed by atoms with Gasteiger partial charge in [-0.1, -0.05) is 206 Å². The molecule has 1 aliphatic rings. The first-order chi connectivity index (χ1) is 26.6. The van der Waals surface area contributed by atoms with Crippen LogP contribution in [0.2, 0.25) is 0 Å². The Hall–Kier alpha value is -5.76. The smallest absolute Gasteiger partial charge is 0.188 e. The highest BCUT2D eigenvalue weighted by atomic mass is 31.2. The van der Waals surface area contributed by atoms with Crippen LogP contribution in [0, 0.1) is 0 Å². The molecule has 260 valence electrons. The maximum absolute atomic E-state index is 16.3. The summed E-state index contributed by atoms with van der Waals surface area (Å²) in [5.74, 6) is 1.14. The minimum absolute atomic E-state index is 0.570. The summed E-state index contributed by atoms with van der Waals surface area (Å²) in [5.41, 5.74) is 0. The van der Waals surface area contributed by atoms with Crippen LogP contribution in [-0.2, 0) is 9.13 Å². The zero-order valence-corrected chi connectivity index (χ0v) is 32.2. The average molecular weight is 751 g/mol. The Morgan fingerprint density at radius 2 is 0.593 bits per heavy atom. The minimum Gasteiger partial charge on any atom is -0.456 e. The maximum atomic E-state index is 16.3. The molecule has 8 aromatic carbocycles. The number of ether oxygens (including phenoxy) is 1. The van der Waals surface area contributed by atoms with E-state index in [0.29, 0.717) is 22.1 Å². The molecule has 0 radical (unpaired) electrons. The Labute approximate surface area is 317 Å². The van der Waals surface area contributed by atoms with Gasteiger partial charge in [0.05, 0.1) is 10.6 Å². The van der Waals surface area contributed by atoms with Gasteiger partial charge >= 0.3 is 0 Å². The molecule has 0 bridgehead atoms. The van der Waals surface area contributed by atoms with Gasteiger partial charge in [-0.25, -0.2) is 0 Å². The fourth-order valence-corrected chi connectivity index (χ4v) is 19.0. The highest BCUT2D eigenvalue weighted by Crippen LogP contribution is 2.49. The van der Waals surface area contributed by atoms with Crippen LogP contribution in [0.5, 0.6) is 11.5 Å². The predicted molar refractivity (Wildman–Crippen MR) is 229 cm³/mol. The van der Waals surface area contributed by atoms with Crippen LogP contribution < -0.4 is 57.3 Å². The average Bonchev–Trinajstić information content (AvgIpc) is 3.26. The summed E-state index contributed by atoms with van der Waals surface area (Å²) in [6.07, 6.45) is 0. The summed E-state index contributed by atoms with van der Waals surface area (Å²) < 4.78 is 40.0. The zero-order chi connectivity index (χ0) is 36.6. The van der Waals surface area contributed by atoms with Crippen LogP contribution in [0.4, 0.5) is 0 Å². The molecule has 0 atom stereocenters. The lowest BCUT2D eigenvalue weighted by atomic mass is 10.3. The summed E-state index contributed by atoms with van der Waals surface area (Å²) >= 11 is 0. The van der Waals surface area contributed by atoms with Crippen molar-refractivity contribution in [2.75, 3.05) is 0 Å². The third-order valence-corrected chi connectivity index (χ3v) is 21.5. The Balaban J connectivity index is 1.45. The van der Waals surface area contributed by atoms with Crippen LogP contribution in [-0.4, -0.2) is 8.07 Å². The van der Waals surface area contributed by atoms with Crippen molar-refractivity contribution in [1.82, 2.24) is 0 Å². The maximum Gasteiger partial charge on any atom is 0.188 e. The Kier molecular flexibility index (Phi) is 8.76. The Morgan fingerprint density at radius 1 is 0.315 bits per heavy atom. The summed E-state index contributed by atoms with van der Waals surface area (Å²) in [5, 5.41) is 8.44. The number of fused-ring (bicyclic) bond motifs is 2. The molecule has 0 N–H and O–H groups in total. The van der Waals surface area contributed by atoms with Crippen LogP contribution in [0.15, 0.2) is 218 Å². The van der Waals surface area contributed by atoms with Crippen molar-refractivity contribution in [1.29, 1.82) is 0 Å². The van der Waals surface area contributed by atoms with Gasteiger partial charge in [-0.3, -0.25) is 0 Å². The van der Waals surface area contributed by atoms with Crippen LogP contribution >= 0.6 is 14.3 Å². The first-order valence-electron chi connectivity index (χ1n) is 18.1. The van der Waals surface area contributed by atoms with Crippen molar-refractivity contribution in [3.8, 4) is 11.5 Å². The SMILES string of the molecule is O=P(c1ccccc1)(c1ccccc1)c1cccc2c1Oc1c(cccc1P(=O)(c1ccccc1)c1ccccc1)[Si]2(c1ccccc1)c1ccccc1. The molecule has 0 aliphatic carbocycles. The lowest BCUT2D eigenvalue weighted by molar-refractivity contribution is 0.493. The molecule has 1 heterocycles. The summed E-state index contributed by atoms with van der Waals surface area (Å²) in [7, 11) is -10.3. The first-order valence-corrected chi connectivity index (χ1v) is 23.5. The molecular formula is C48H36O3P2Si. The molecule has 0 aromatic heterocycles. The summed E-state index contributed by atoms with van der Waals surface area (Å²) in [4.78, 5) is 0. The van der Waals surface area contributed by atoms with Crippen LogP contribution in [0.25, 0.3) is 0 Å². The van der Waals surface area contributed by atoms with Gasteiger partial charge in [0, 0.05) is 21.2 Å². The van der Waals surface area contributed by atoms with Crippen molar-refractivity contribution >= 4 is 74.9 Å². The van der Waals surface area contributed by atoms with E-state index in [1.165, 1.54) is 0 Å². The van der Waals surface area contributed by atoms with Gasteiger partial charge in [0.2, 0.25) is 0 Å². The van der Waals surface area contributed by atoms with Crippen molar-refractivity contribution in [2.24, 2.45) is 0 Å². The highest BCUT2D eigenvalue weighted by Gasteiger charge is 2.51. The molecular weight excluding hydrogens is 715 g/mol. The third-order valence-electron chi connectivity index (χ3n) is 10.6. The quantitative estimate of drug-likeness (QED) is 0.133. The normalized spacial score (nSPS) is 13.3. The first kappa shape index (κ1) is 34.0. The largest absolute Gasteiger partial charge is 0.456 e. The molecule has 0 unspecified atom stereocenters. The minimum atomic E-state index is -3.53. The molecule has 1 aliphatic heterocycles. The van der Waals surface area contributed by atoms with E-state index in [1.807, 2.05) is 158 Å². The molecule has 0 spiro atoms.